The van der Waals surface area contributed by atoms with Gasteiger partial charge in [0.1, 0.15) is 6.10 Å². The summed E-state index contributed by atoms with van der Waals surface area (Å²) in [4.78, 5) is 12.2. The summed E-state index contributed by atoms with van der Waals surface area (Å²) < 4.78 is 17.9. The number of benzene rings is 1. The Kier molecular flexibility index (Phi) is 7.91. The molecule has 0 amide bonds. The summed E-state index contributed by atoms with van der Waals surface area (Å²) in [5.74, 6) is -0.300. The lowest BCUT2D eigenvalue weighted by atomic mass is 9.91. The van der Waals surface area contributed by atoms with E-state index in [0.29, 0.717) is 13.2 Å². The second-order valence-electron chi connectivity index (χ2n) is 7.23. The number of ether oxygens (including phenoxy) is 3. The zero-order valence-corrected chi connectivity index (χ0v) is 15.9. The highest BCUT2D eigenvalue weighted by Crippen LogP contribution is 2.25. The molecule has 1 fully saturated rings. The first-order valence-electron chi connectivity index (χ1n) is 9.48. The molecule has 5 atom stereocenters. The Balaban J connectivity index is 2.19. The van der Waals surface area contributed by atoms with Gasteiger partial charge in [-0.3, -0.25) is 4.79 Å². The quantitative estimate of drug-likeness (QED) is 0.729. The van der Waals surface area contributed by atoms with Crippen LogP contribution in [-0.2, 0) is 25.4 Å². The monoisotopic (exact) mass is 348 g/mol. The van der Waals surface area contributed by atoms with Crippen molar-refractivity contribution in [1.29, 1.82) is 0 Å². The third-order valence-corrected chi connectivity index (χ3v) is 4.76. The van der Waals surface area contributed by atoms with Crippen LogP contribution in [-0.4, -0.2) is 37.5 Å². The summed E-state index contributed by atoms with van der Waals surface area (Å²) in [7, 11) is 0. The molecule has 4 nitrogen and oxygen atoms in total. The van der Waals surface area contributed by atoms with E-state index in [-0.39, 0.29) is 36.1 Å². The number of hydrogen-bond acceptors (Lipinski definition) is 4. The fraction of sp³-hybridized carbons (Fsp3) is 0.667. The SMILES string of the molecule is CCCC(C)O[C@@H]1[C@@H](Cc2ccccc2)COC[C@H](C)C(=O)O[C@H]1C. The van der Waals surface area contributed by atoms with Crippen molar-refractivity contribution < 1.29 is 19.0 Å². The minimum absolute atomic E-state index is 0.132. The van der Waals surface area contributed by atoms with Gasteiger partial charge in [-0.1, -0.05) is 43.7 Å². The maximum atomic E-state index is 12.2. The van der Waals surface area contributed by atoms with Gasteiger partial charge >= 0.3 is 5.97 Å². The van der Waals surface area contributed by atoms with E-state index in [9.17, 15) is 4.79 Å². The lowest BCUT2D eigenvalue weighted by Crippen LogP contribution is -2.41. The van der Waals surface area contributed by atoms with Gasteiger partial charge in [-0.15, -0.1) is 0 Å². The average Bonchev–Trinajstić information content (AvgIpc) is 2.63. The van der Waals surface area contributed by atoms with Crippen molar-refractivity contribution in [2.24, 2.45) is 11.8 Å². The Morgan fingerprint density at radius 3 is 2.60 bits per heavy atom. The largest absolute Gasteiger partial charge is 0.460 e. The molecule has 0 aliphatic carbocycles. The van der Waals surface area contributed by atoms with Crippen molar-refractivity contribution >= 4 is 5.97 Å². The molecule has 1 aliphatic rings. The van der Waals surface area contributed by atoms with Crippen molar-refractivity contribution in [1.82, 2.24) is 0 Å². The standard InChI is InChI=1S/C21H32O4/c1-5-9-16(3)24-20-17(4)25-21(22)15(2)13-23-14-19(20)12-18-10-7-6-8-11-18/h6-8,10-11,15-17,19-20H,5,9,12-14H2,1-4H3/t15-,16?,17-,19-,20-/m0/s1. The van der Waals surface area contributed by atoms with Gasteiger partial charge in [-0.25, -0.2) is 0 Å². The highest BCUT2D eigenvalue weighted by molar-refractivity contribution is 5.72. The predicted octanol–water partition coefficient (Wildman–Crippen LogP) is 4.02. The van der Waals surface area contributed by atoms with Gasteiger partial charge in [0.05, 0.1) is 31.3 Å². The normalized spacial score (nSPS) is 29.2. The van der Waals surface area contributed by atoms with E-state index in [4.69, 9.17) is 14.2 Å². The molecule has 1 aromatic rings. The topological polar surface area (TPSA) is 44.8 Å². The Labute approximate surface area is 151 Å². The lowest BCUT2D eigenvalue weighted by molar-refractivity contribution is -0.165. The van der Waals surface area contributed by atoms with Crippen LogP contribution in [0.4, 0.5) is 0 Å². The number of hydrogen-bond donors (Lipinski definition) is 0. The smallest absolute Gasteiger partial charge is 0.311 e. The van der Waals surface area contributed by atoms with Crippen LogP contribution in [0.15, 0.2) is 30.3 Å². The van der Waals surface area contributed by atoms with E-state index in [1.54, 1.807) is 0 Å². The summed E-state index contributed by atoms with van der Waals surface area (Å²) in [5.41, 5.74) is 1.25. The summed E-state index contributed by atoms with van der Waals surface area (Å²) in [6.07, 6.45) is 2.58. The van der Waals surface area contributed by atoms with Crippen molar-refractivity contribution in [3.8, 4) is 0 Å². The molecule has 0 N–H and O–H groups in total. The van der Waals surface area contributed by atoms with Crippen LogP contribution in [0, 0.1) is 11.8 Å². The van der Waals surface area contributed by atoms with Crippen molar-refractivity contribution in [3.05, 3.63) is 35.9 Å². The minimum atomic E-state index is -0.287. The van der Waals surface area contributed by atoms with Crippen LogP contribution < -0.4 is 0 Å². The van der Waals surface area contributed by atoms with Crippen molar-refractivity contribution in [2.75, 3.05) is 13.2 Å². The minimum Gasteiger partial charge on any atom is -0.460 e. The van der Waals surface area contributed by atoms with Gasteiger partial charge in [0.15, 0.2) is 0 Å². The van der Waals surface area contributed by atoms with E-state index in [0.717, 1.165) is 19.3 Å². The third-order valence-electron chi connectivity index (χ3n) is 4.76. The zero-order valence-electron chi connectivity index (χ0n) is 15.9. The molecule has 1 heterocycles. The van der Waals surface area contributed by atoms with Crippen LogP contribution in [0.25, 0.3) is 0 Å². The van der Waals surface area contributed by atoms with Gasteiger partial charge in [0.25, 0.3) is 0 Å². The van der Waals surface area contributed by atoms with Crippen LogP contribution in [0.1, 0.15) is 46.1 Å². The fourth-order valence-electron chi connectivity index (χ4n) is 3.37. The molecule has 0 spiro atoms. The molecular weight excluding hydrogens is 316 g/mol. The van der Waals surface area contributed by atoms with E-state index < -0.39 is 0 Å². The number of cyclic esters (lactones) is 1. The fourth-order valence-corrected chi connectivity index (χ4v) is 3.37. The predicted molar refractivity (Wildman–Crippen MR) is 98.4 cm³/mol. The Bertz CT molecular complexity index is 516. The van der Waals surface area contributed by atoms with Crippen LogP contribution in [0.2, 0.25) is 0 Å². The Morgan fingerprint density at radius 2 is 1.92 bits per heavy atom. The van der Waals surface area contributed by atoms with E-state index in [1.165, 1.54) is 5.56 Å². The van der Waals surface area contributed by atoms with Crippen LogP contribution in [0.5, 0.6) is 0 Å². The third kappa shape index (κ3) is 6.12. The summed E-state index contributed by atoms with van der Waals surface area (Å²) in [5, 5.41) is 0. The summed E-state index contributed by atoms with van der Waals surface area (Å²) in [6, 6.07) is 10.4. The molecule has 1 saturated heterocycles. The maximum Gasteiger partial charge on any atom is 0.311 e. The first kappa shape index (κ1) is 19.9. The molecule has 0 bridgehead atoms. The number of carbonyl (C=O) groups excluding carboxylic acids is 1. The van der Waals surface area contributed by atoms with Gasteiger partial charge in [-0.2, -0.15) is 0 Å². The molecule has 140 valence electrons. The second kappa shape index (κ2) is 9.93. The first-order chi connectivity index (χ1) is 12.0. The first-order valence-corrected chi connectivity index (χ1v) is 9.48. The number of esters is 1. The molecule has 0 radical (unpaired) electrons. The van der Waals surface area contributed by atoms with E-state index >= 15 is 0 Å². The summed E-state index contributed by atoms with van der Waals surface area (Å²) >= 11 is 0. The summed E-state index contributed by atoms with van der Waals surface area (Å²) in [6.45, 7) is 9.00. The zero-order chi connectivity index (χ0) is 18.2. The van der Waals surface area contributed by atoms with Gasteiger partial charge in [0, 0.05) is 5.92 Å². The molecular formula is C21H32O4. The number of rotatable bonds is 6. The van der Waals surface area contributed by atoms with Crippen LogP contribution >= 0.6 is 0 Å². The number of carbonyl (C=O) groups is 1. The van der Waals surface area contributed by atoms with Crippen LogP contribution in [0.3, 0.4) is 0 Å². The second-order valence-corrected chi connectivity index (χ2v) is 7.23. The van der Waals surface area contributed by atoms with Gasteiger partial charge < -0.3 is 14.2 Å². The highest BCUT2D eigenvalue weighted by Gasteiger charge is 2.34. The Hall–Kier alpha value is -1.39. The lowest BCUT2D eigenvalue weighted by Gasteiger charge is -2.33. The maximum absolute atomic E-state index is 12.2. The average molecular weight is 348 g/mol. The van der Waals surface area contributed by atoms with Crippen molar-refractivity contribution in [2.45, 2.75) is 65.3 Å². The van der Waals surface area contributed by atoms with Gasteiger partial charge in [-0.05, 0) is 39.2 Å². The molecule has 2 rings (SSSR count). The molecule has 0 saturated carbocycles. The van der Waals surface area contributed by atoms with E-state index in [2.05, 4.69) is 26.0 Å². The molecule has 1 unspecified atom stereocenters. The van der Waals surface area contributed by atoms with Gasteiger partial charge in [0.2, 0.25) is 0 Å². The molecule has 1 aliphatic heterocycles. The molecule has 4 heteroatoms. The highest BCUT2D eigenvalue weighted by atomic mass is 16.6. The van der Waals surface area contributed by atoms with Crippen molar-refractivity contribution in [3.63, 3.8) is 0 Å². The van der Waals surface area contributed by atoms with E-state index in [1.807, 2.05) is 32.0 Å². The molecule has 1 aromatic carbocycles. The molecule has 25 heavy (non-hydrogen) atoms. The molecule has 0 aromatic heterocycles. The Morgan fingerprint density at radius 1 is 1.20 bits per heavy atom.